The van der Waals surface area contributed by atoms with Gasteiger partial charge in [-0.15, -0.1) is 0 Å². The van der Waals surface area contributed by atoms with Crippen LogP contribution in [0.4, 0.5) is 0 Å². The number of rotatable bonds is 3. The van der Waals surface area contributed by atoms with Crippen molar-refractivity contribution in [1.29, 1.82) is 0 Å². The fourth-order valence-corrected chi connectivity index (χ4v) is 1.04. The van der Waals surface area contributed by atoms with E-state index in [0.29, 0.717) is 6.54 Å². The molecular weight excluding hydrogens is 153 g/mol. The Morgan fingerprint density at radius 2 is 2.25 bits per heavy atom. The Labute approximate surface area is 71.7 Å². The van der Waals surface area contributed by atoms with E-state index < -0.39 is 6.10 Å². The van der Waals surface area contributed by atoms with Gasteiger partial charge in [-0.1, -0.05) is 12.1 Å². The highest BCUT2D eigenvalue weighted by Crippen LogP contribution is 2.17. The van der Waals surface area contributed by atoms with Crippen molar-refractivity contribution in [1.82, 2.24) is 5.32 Å². The number of phenols is 1. The van der Waals surface area contributed by atoms with Gasteiger partial charge in [-0.05, 0) is 24.7 Å². The lowest BCUT2D eigenvalue weighted by atomic mass is 10.1. The lowest BCUT2D eigenvalue weighted by Gasteiger charge is -2.09. The molecular formula is C9H13NO2. The second-order valence-electron chi connectivity index (χ2n) is 2.67. The number of likely N-dealkylation sites (N-methyl/N-ethyl adjacent to an activating group) is 1. The molecule has 0 aliphatic rings. The molecule has 0 aliphatic heterocycles. The van der Waals surface area contributed by atoms with Crippen molar-refractivity contribution in [3.05, 3.63) is 29.8 Å². The zero-order valence-electron chi connectivity index (χ0n) is 6.99. The van der Waals surface area contributed by atoms with E-state index in [1.54, 1.807) is 31.3 Å². The number of aliphatic hydroxyl groups is 1. The number of aliphatic hydroxyl groups excluding tert-OH is 1. The molecule has 1 rings (SSSR count). The molecule has 3 nitrogen and oxygen atoms in total. The van der Waals surface area contributed by atoms with Crippen LogP contribution in [0.3, 0.4) is 0 Å². The summed E-state index contributed by atoms with van der Waals surface area (Å²) < 4.78 is 0. The van der Waals surface area contributed by atoms with Gasteiger partial charge in [0, 0.05) is 6.54 Å². The minimum Gasteiger partial charge on any atom is -0.508 e. The molecule has 0 heterocycles. The first-order valence-electron chi connectivity index (χ1n) is 3.85. The average molecular weight is 166 g/mol. The van der Waals surface area contributed by atoms with Crippen molar-refractivity contribution in [2.45, 2.75) is 6.10 Å². The van der Waals surface area contributed by atoms with Crippen molar-refractivity contribution < 1.29 is 10.2 Å². The van der Waals surface area contributed by atoms with Crippen LogP contribution in [0, 0.1) is 0 Å². The average Bonchev–Trinajstić information content (AvgIpc) is 2.05. The van der Waals surface area contributed by atoms with Gasteiger partial charge in [-0.2, -0.15) is 0 Å². The zero-order chi connectivity index (χ0) is 8.97. The van der Waals surface area contributed by atoms with Gasteiger partial charge in [0.05, 0.1) is 6.10 Å². The summed E-state index contributed by atoms with van der Waals surface area (Å²) in [5, 5.41) is 21.4. The summed E-state index contributed by atoms with van der Waals surface area (Å²) in [7, 11) is 1.77. The summed E-state index contributed by atoms with van der Waals surface area (Å²) in [6.07, 6.45) is -0.554. The molecule has 0 unspecified atom stereocenters. The van der Waals surface area contributed by atoms with Crippen molar-refractivity contribution in [3.63, 3.8) is 0 Å². The van der Waals surface area contributed by atoms with Gasteiger partial charge in [0.2, 0.25) is 0 Å². The third kappa shape index (κ3) is 2.22. The molecule has 0 fully saturated rings. The van der Waals surface area contributed by atoms with E-state index >= 15 is 0 Å². The van der Waals surface area contributed by atoms with E-state index in [9.17, 15) is 5.11 Å². The van der Waals surface area contributed by atoms with E-state index in [4.69, 9.17) is 5.11 Å². The highest BCUT2D eigenvalue weighted by Gasteiger charge is 2.05. The first-order chi connectivity index (χ1) is 5.74. The van der Waals surface area contributed by atoms with Crippen LogP contribution in [0.2, 0.25) is 0 Å². The number of benzene rings is 1. The van der Waals surface area contributed by atoms with E-state index in [0.717, 1.165) is 5.56 Å². The van der Waals surface area contributed by atoms with Gasteiger partial charge < -0.3 is 15.5 Å². The molecule has 1 aromatic rings. The SMILES string of the molecule is [11CH3]NC[C@H](O)c1cccc(O)c1. The Hall–Kier alpha value is -1.06. The molecule has 0 aromatic heterocycles. The van der Waals surface area contributed by atoms with Crippen molar-refractivity contribution in [2.24, 2.45) is 0 Å². The van der Waals surface area contributed by atoms with Gasteiger partial charge in [-0.25, -0.2) is 0 Å². The first-order valence-corrected chi connectivity index (χ1v) is 3.85. The Bertz CT molecular complexity index is 250. The smallest absolute Gasteiger partial charge is 0.115 e. The van der Waals surface area contributed by atoms with Gasteiger partial charge in [0.1, 0.15) is 5.75 Å². The maximum Gasteiger partial charge on any atom is 0.115 e. The summed E-state index contributed by atoms with van der Waals surface area (Å²) in [5.74, 6) is 0.183. The van der Waals surface area contributed by atoms with Crippen LogP contribution in [0.1, 0.15) is 11.7 Å². The number of phenolic OH excluding ortho intramolecular Hbond substituents is 1. The molecule has 0 aliphatic carbocycles. The van der Waals surface area contributed by atoms with Gasteiger partial charge in [-0.3, -0.25) is 0 Å². The molecule has 3 N–H and O–H groups in total. The second-order valence-corrected chi connectivity index (χ2v) is 2.67. The monoisotopic (exact) mass is 166 g/mol. The molecule has 0 spiro atoms. The maximum absolute atomic E-state index is 9.47. The summed E-state index contributed by atoms with van der Waals surface area (Å²) in [4.78, 5) is 0. The molecule has 66 valence electrons. The predicted octanol–water partition coefficient (Wildman–Crippen LogP) is 0.645. The van der Waals surface area contributed by atoms with E-state index in [2.05, 4.69) is 5.32 Å². The van der Waals surface area contributed by atoms with Gasteiger partial charge in [0.15, 0.2) is 0 Å². The maximum atomic E-state index is 9.47. The molecule has 3 heteroatoms. The molecule has 0 saturated heterocycles. The molecule has 0 saturated carbocycles. The third-order valence-electron chi connectivity index (χ3n) is 1.65. The van der Waals surface area contributed by atoms with Crippen LogP contribution in [0.15, 0.2) is 24.3 Å². The first kappa shape index (κ1) is 9.03. The quantitative estimate of drug-likeness (QED) is 0.617. The van der Waals surface area contributed by atoms with Crippen LogP contribution in [0.25, 0.3) is 0 Å². The number of hydrogen-bond donors (Lipinski definition) is 3. The predicted molar refractivity (Wildman–Crippen MR) is 47.0 cm³/mol. The Morgan fingerprint density at radius 3 is 2.83 bits per heavy atom. The van der Waals surface area contributed by atoms with E-state index in [-0.39, 0.29) is 5.75 Å². The fraction of sp³-hybridized carbons (Fsp3) is 0.333. The minimum atomic E-state index is -0.554. The topological polar surface area (TPSA) is 52.5 Å². The molecule has 0 amide bonds. The highest BCUT2D eigenvalue weighted by atomic mass is 16.3. The minimum absolute atomic E-state index is 0.183. The van der Waals surface area contributed by atoms with Crippen LogP contribution in [-0.4, -0.2) is 23.8 Å². The standard InChI is InChI=1S/C9H13NO2/c1-10-6-9(12)7-3-2-4-8(11)5-7/h2-5,9-12H,6H2,1H3/t9-/m0/s1/i1-1. The number of nitrogens with one attached hydrogen (secondary N) is 1. The van der Waals surface area contributed by atoms with Crippen molar-refractivity contribution >= 4 is 0 Å². The van der Waals surface area contributed by atoms with Crippen LogP contribution in [-0.2, 0) is 0 Å². The summed E-state index contributed by atoms with van der Waals surface area (Å²) >= 11 is 0. The molecule has 0 radical (unpaired) electrons. The van der Waals surface area contributed by atoms with Crippen LogP contribution < -0.4 is 5.32 Å². The highest BCUT2D eigenvalue weighted by molar-refractivity contribution is 5.28. The summed E-state index contributed by atoms with van der Waals surface area (Å²) in [5.41, 5.74) is 0.726. The van der Waals surface area contributed by atoms with Crippen molar-refractivity contribution in [3.8, 4) is 5.75 Å². The summed E-state index contributed by atoms with van der Waals surface area (Å²) in [6.45, 7) is 0.490. The Kier molecular flexibility index (Phi) is 3.08. The molecule has 12 heavy (non-hydrogen) atoms. The normalized spacial score (nSPS) is 12.8. The third-order valence-corrected chi connectivity index (χ3v) is 1.65. The number of hydrogen-bond acceptors (Lipinski definition) is 3. The van der Waals surface area contributed by atoms with Crippen LogP contribution in [0.5, 0.6) is 5.75 Å². The van der Waals surface area contributed by atoms with Gasteiger partial charge >= 0.3 is 0 Å². The molecule has 1 aromatic carbocycles. The largest absolute Gasteiger partial charge is 0.508 e. The lowest BCUT2D eigenvalue weighted by Crippen LogP contribution is -2.16. The lowest BCUT2D eigenvalue weighted by molar-refractivity contribution is 0.177. The van der Waals surface area contributed by atoms with E-state index in [1.165, 1.54) is 0 Å². The molecule has 1 atom stereocenters. The summed E-state index contributed by atoms with van der Waals surface area (Å²) in [6, 6.07) is 6.63. The Morgan fingerprint density at radius 1 is 1.50 bits per heavy atom. The zero-order valence-corrected chi connectivity index (χ0v) is 6.99. The Balaban J connectivity index is 2.73. The molecule has 0 bridgehead atoms. The fourth-order valence-electron chi connectivity index (χ4n) is 1.04. The van der Waals surface area contributed by atoms with Crippen LogP contribution >= 0.6 is 0 Å². The van der Waals surface area contributed by atoms with Crippen molar-refractivity contribution in [2.75, 3.05) is 13.6 Å². The van der Waals surface area contributed by atoms with E-state index in [1.807, 2.05) is 0 Å². The van der Waals surface area contributed by atoms with Gasteiger partial charge in [0.25, 0.3) is 0 Å². The second kappa shape index (κ2) is 4.09. The number of aromatic hydroxyl groups is 1.